The first-order valence-corrected chi connectivity index (χ1v) is 5.85. The highest BCUT2D eigenvalue weighted by molar-refractivity contribution is 5.79. The molecule has 0 aromatic heterocycles. The van der Waals surface area contributed by atoms with Crippen LogP contribution in [0.15, 0.2) is 0 Å². The van der Waals surface area contributed by atoms with Crippen LogP contribution in [0.1, 0.15) is 46.0 Å². The van der Waals surface area contributed by atoms with Crippen LogP contribution in [0.5, 0.6) is 0 Å². The van der Waals surface area contributed by atoms with Crippen LogP contribution >= 0.6 is 0 Å². The lowest BCUT2D eigenvalue weighted by atomic mass is 9.88. The summed E-state index contributed by atoms with van der Waals surface area (Å²) in [6.45, 7) is 3.91. The van der Waals surface area contributed by atoms with Crippen LogP contribution in [0.2, 0.25) is 0 Å². The molecular weight excluding hydrogens is 188 g/mol. The molecule has 1 amide bonds. The molecular formula is C12H20N2O. The molecule has 1 aliphatic carbocycles. The predicted molar refractivity (Wildman–Crippen MR) is 59.0 cm³/mol. The number of carbonyl (C=O) groups excluding carboxylic acids is 1. The number of hydrogen-bond acceptors (Lipinski definition) is 2. The van der Waals surface area contributed by atoms with Crippen molar-refractivity contribution in [2.45, 2.75) is 52.0 Å². The van der Waals surface area contributed by atoms with E-state index in [-0.39, 0.29) is 23.8 Å². The van der Waals surface area contributed by atoms with Crippen LogP contribution in [-0.2, 0) is 4.79 Å². The molecule has 1 aliphatic rings. The fourth-order valence-electron chi connectivity index (χ4n) is 1.98. The standard InChI is InChI=1S/C12H20N2O/c1-9(2)11(8-13)14-12(15)10-6-4-3-5-7-10/h9-11H,3-7H2,1-2H3,(H,14,15). The molecule has 0 radical (unpaired) electrons. The molecule has 1 unspecified atom stereocenters. The van der Waals surface area contributed by atoms with Gasteiger partial charge < -0.3 is 5.32 Å². The van der Waals surface area contributed by atoms with Crippen molar-refractivity contribution in [1.29, 1.82) is 5.26 Å². The van der Waals surface area contributed by atoms with Gasteiger partial charge in [-0.3, -0.25) is 4.79 Å². The zero-order valence-electron chi connectivity index (χ0n) is 9.62. The molecule has 1 fully saturated rings. The minimum atomic E-state index is -0.334. The van der Waals surface area contributed by atoms with Crippen molar-refractivity contribution in [3.63, 3.8) is 0 Å². The number of rotatable bonds is 3. The Bertz CT molecular complexity index is 249. The first-order chi connectivity index (χ1) is 7.15. The summed E-state index contributed by atoms with van der Waals surface area (Å²) in [5, 5.41) is 11.7. The lowest BCUT2D eigenvalue weighted by Crippen LogP contribution is -2.41. The molecule has 0 spiro atoms. The summed E-state index contributed by atoms with van der Waals surface area (Å²) in [6, 6.07) is 1.81. The highest BCUT2D eigenvalue weighted by Crippen LogP contribution is 2.23. The van der Waals surface area contributed by atoms with E-state index in [9.17, 15) is 4.79 Å². The molecule has 0 saturated heterocycles. The number of nitriles is 1. The Morgan fingerprint density at radius 1 is 1.33 bits per heavy atom. The summed E-state index contributed by atoms with van der Waals surface area (Å²) in [5.41, 5.74) is 0. The minimum Gasteiger partial charge on any atom is -0.340 e. The van der Waals surface area contributed by atoms with Crippen molar-refractivity contribution >= 4 is 5.91 Å². The van der Waals surface area contributed by atoms with E-state index in [1.807, 2.05) is 13.8 Å². The van der Waals surface area contributed by atoms with Crippen LogP contribution < -0.4 is 5.32 Å². The maximum absolute atomic E-state index is 11.8. The number of nitrogens with zero attached hydrogens (tertiary/aromatic N) is 1. The Morgan fingerprint density at radius 2 is 1.93 bits per heavy atom. The molecule has 3 nitrogen and oxygen atoms in total. The van der Waals surface area contributed by atoms with Crippen molar-refractivity contribution in [2.75, 3.05) is 0 Å². The molecule has 1 saturated carbocycles. The van der Waals surface area contributed by atoms with Crippen molar-refractivity contribution in [3.05, 3.63) is 0 Å². The number of carbonyl (C=O) groups is 1. The fraction of sp³-hybridized carbons (Fsp3) is 0.833. The average molecular weight is 208 g/mol. The maximum atomic E-state index is 11.8. The van der Waals surface area contributed by atoms with Gasteiger partial charge in [0.1, 0.15) is 6.04 Å². The highest BCUT2D eigenvalue weighted by Gasteiger charge is 2.24. The molecule has 0 aromatic carbocycles. The SMILES string of the molecule is CC(C)C(C#N)NC(=O)C1CCCCC1. The van der Waals surface area contributed by atoms with Gasteiger partial charge in [-0.2, -0.15) is 5.26 Å². The van der Waals surface area contributed by atoms with Crippen molar-refractivity contribution < 1.29 is 4.79 Å². The second kappa shape index (κ2) is 5.75. The third-order valence-corrected chi connectivity index (χ3v) is 3.08. The fourth-order valence-corrected chi connectivity index (χ4v) is 1.98. The van der Waals surface area contributed by atoms with Gasteiger partial charge in [0.15, 0.2) is 0 Å². The van der Waals surface area contributed by atoms with E-state index in [1.165, 1.54) is 6.42 Å². The van der Waals surface area contributed by atoms with Gasteiger partial charge in [-0.1, -0.05) is 33.1 Å². The van der Waals surface area contributed by atoms with Crippen LogP contribution in [0, 0.1) is 23.2 Å². The number of amides is 1. The Balaban J connectivity index is 2.43. The largest absolute Gasteiger partial charge is 0.340 e. The monoisotopic (exact) mass is 208 g/mol. The van der Waals surface area contributed by atoms with Gasteiger partial charge >= 0.3 is 0 Å². The van der Waals surface area contributed by atoms with E-state index in [0.717, 1.165) is 25.7 Å². The van der Waals surface area contributed by atoms with Gasteiger partial charge in [0, 0.05) is 5.92 Å². The normalized spacial score (nSPS) is 19.6. The third kappa shape index (κ3) is 3.54. The van der Waals surface area contributed by atoms with Gasteiger partial charge in [0.2, 0.25) is 5.91 Å². The molecule has 0 aromatic rings. The molecule has 1 atom stereocenters. The van der Waals surface area contributed by atoms with Crippen molar-refractivity contribution in [2.24, 2.45) is 11.8 Å². The lowest BCUT2D eigenvalue weighted by Gasteiger charge is -2.23. The Labute approximate surface area is 91.9 Å². The summed E-state index contributed by atoms with van der Waals surface area (Å²) in [7, 11) is 0. The highest BCUT2D eigenvalue weighted by atomic mass is 16.1. The van der Waals surface area contributed by atoms with Gasteiger partial charge in [0.05, 0.1) is 6.07 Å². The van der Waals surface area contributed by atoms with E-state index in [4.69, 9.17) is 5.26 Å². The minimum absolute atomic E-state index is 0.0787. The first-order valence-electron chi connectivity index (χ1n) is 5.85. The topological polar surface area (TPSA) is 52.9 Å². The predicted octanol–water partition coefficient (Wildman–Crippen LogP) is 2.23. The Hall–Kier alpha value is -1.04. The van der Waals surface area contributed by atoms with Crippen LogP contribution in [0.4, 0.5) is 0 Å². The third-order valence-electron chi connectivity index (χ3n) is 3.08. The van der Waals surface area contributed by atoms with E-state index in [1.54, 1.807) is 0 Å². The molecule has 1 rings (SSSR count). The van der Waals surface area contributed by atoms with Gasteiger partial charge in [-0.05, 0) is 18.8 Å². The molecule has 0 heterocycles. The Kier molecular flexibility index (Phi) is 4.61. The second-order valence-electron chi connectivity index (χ2n) is 4.69. The van der Waals surface area contributed by atoms with E-state index < -0.39 is 0 Å². The molecule has 0 bridgehead atoms. The van der Waals surface area contributed by atoms with Crippen molar-refractivity contribution in [3.8, 4) is 6.07 Å². The van der Waals surface area contributed by atoms with Gasteiger partial charge in [-0.15, -0.1) is 0 Å². The maximum Gasteiger partial charge on any atom is 0.224 e. The zero-order chi connectivity index (χ0) is 11.3. The van der Waals surface area contributed by atoms with Crippen LogP contribution in [0.3, 0.4) is 0 Å². The summed E-state index contributed by atoms with van der Waals surface area (Å²) >= 11 is 0. The molecule has 1 N–H and O–H groups in total. The second-order valence-corrected chi connectivity index (χ2v) is 4.69. The zero-order valence-corrected chi connectivity index (χ0v) is 9.62. The van der Waals surface area contributed by atoms with E-state index >= 15 is 0 Å². The van der Waals surface area contributed by atoms with Crippen molar-refractivity contribution in [1.82, 2.24) is 5.32 Å². The first kappa shape index (κ1) is 12.0. The number of nitrogens with one attached hydrogen (secondary N) is 1. The summed E-state index contributed by atoms with van der Waals surface area (Å²) in [5.74, 6) is 0.408. The lowest BCUT2D eigenvalue weighted by molar-refractivity contribution is -0.126. The molecule has 0 aliphatic heterocycles. The summed E-state index contributed by atoms with van der Waals surface area (Å²) < 4.78 is 0. The van der Waals surface area contributed by atoms with Gasteiger partial charge in [-0.25, -0.2) is 0 Å². The van der Waals surface area contributed by atoms with Crippen LogP contribution in [-0.4, -0.2) is 11.9 Å². The number of hydrogen-bond donors (Lipinski definition) is 1. The van der Waals surface area contributed by atoms with E-state index in [2.05, 4.69) is 11.4 Å². The summed E-state index contributed by atoms with van der Waals surface area (Å²) in [4.78, 5) is 11.8. The average Bonchev–Trinajstić information content (AvgIpc) is 2.26. The molecule has 15 heavy (non-hydrogen) atoms. The summed E-state index contributed by atoms with van der Waals surface area (Å²) in [6.07, 6.45) is 5.52. The molecule has 3 heteroatoms. The van der Waals surface area contributed by atoms with E-state index in [0.29, 0.717) is 0 Å². The smallest absolute Gasteiger partial charge is 0.224 e. The quantitative estimate of drug-likeness (QED) is 0.773. The molecule has 84 valence electrons. The van der Waals surface area contributed by atoms with Crippen LogP contribution in [0.25, 0.3) is 0 Å². The van der Waals surface area contributed by atoms with Gasteiger partial charge in [0.25, 0.3) is 0 Å². The Morgan fingerprint density at radius 3 is 2.40 bits per heavy atom.